The number of amides is 2. The Labute approximate surface area is 109 Å². The zero-order chi connectivity index (χ0) is 13.0. The molecule has 98 valence electrons. The number of rotatable bonds is 4. The standard InChI is InChI=1S/C11H16N4O2S/c12-11-13-9(7-18-11)1-2-10(17)15-5-3-14(8-16)4-6-15/h7-8H,1-6H2,(H2,12,13). The van der Waals surface area contributed by atoms with Gasteiger partial charge >= 0.3 is 0 Å². The first-order valence-electron chi connectivity index (χ1n) is 5.86. The number of carbonyl (C=O) groups excluding carboxylic acids is 2. The van der Waals surface area contributed by atoms with Crippen LogP contribution < -0.4 is 5.73 Å². The minimum Gasteiger partial charge on any atom is -0.375 e. The summed E-state index contributed by atoms with van der Waals surface area (Å²) in [6, 6.07) is 0. The second kappa shape index (κ2) is 5.81. The maximum atomic E-state index is 11.9. The third kappa shape index (κ3) is 3.19. The van der Waals surface area contributed by atoms with Crippen LogP contribution in [0.4, 0.5) is 5.13 Å². The van der Waals surface area contributed by atoms with Crippen molar-refractivity contribution in [3.05, 3.63) is 11.1 Å². The zero-order valence-electron chi connectivity index (χ0n) is 10.0. The van der Waals surface area contributed by atoms with Gasteiger partial charge in [0.25, 0.3) is 0 Å². The molecule has 0 aliphatic carbocycles. The van der Waals surface area contributed by atoms with Crippen molar-refractivity contribution in [2.24, 2.45) is 0 Å². The maximum Gasteiger partial charge on any atom is 0.223 e. The molecule has 1 fully saturated rings. The Morgan fingerprint density at radius 2 is 2.17 bits per heavy atom. The van der Waals surface area contributed by atoms with Crippen LogP contribution >= 0.6 is 11.3 Å². The van der Waals surface area contributed by atoms with Crippen LogP contribution in [0, 0.1) is 0 Å². The molecule has 1 aliphatic heterocycles. The molecule has 1 aromatic rings. The lowest BCUT2D eigenvalue weighted by Crippen LogP contribution is -2.48. The molecule has 0 saturated carbocycles. The normalized spacial score (nSPS) is 15.8. The van der Waals surface area contributed by atoms with Gasteiger partial charge in [0.15, 0.2) is 5.13 Å². The van der Waals surface area contributed by atoms with Gasteiger partial charge in [0.1, 0.15) is 0 Å². The molecular formula is C11H16N4O2S. The average Bonchev–Trinajstić information content (AvgIpc) is 2.82. The summed E-state index contributed by atoms with van der Waals surface area (Å²) >= 11 is 1.39. The molecule has 0 unspecified atom stereocenters. The molecule has 2 N–H and O–H groups in total. The minimum atomic E-state index is 0.118. The molecule has 0 aromatic carbocycles. The van der Waals surface area contributed by atoms with Gasteiger partial charge in [0.2, 0.25) is 12.3 Å². The molecule has 0 radical (unpaired) electrons. The number of piperazine rings is 1. The minimum absolute atomic E-state index is 0.118. The van der Waals surface area contributed by atoms with E-state index >= 15 is 0 Å². The highest BCUT2D eigenvalue weighted by molar-refractivity contribution is 7.13. The first-order valence-corrected chi connectivity index (χ1v) is 6.74. The summed E-state index contributed by atoms with van der Waals surface area (Å²) in [5.74, 6) is 0.118. The summed E-state index contributed by atoms with van der Waals surface area (Å²) in [7, 11) is 0. The van der Waals surface area contributed by atoms with Crippen molar-refractivity contribution in [2.45, 2.75) is 12.8 Å². The number of nitrogens with zero attached hydrogens (tertiary/aromatic N) is 3. The van der Waals surface area contributed by atoms with E-state index in [0.29, 0.717) is 44.2 Å². The Kier molecular flexibility index (Phi) is 4.14. The van der Waals surface area contributed by atoms with Crippen LogP contribution in [0.1, 0.15) is 12.1 Å². The number of carbonyl (C=O) groups is 2. The van der Waals surface area contributed by atoms with Crippen LogP contribution in [0.2, 0.25) is 0 Å². The van der Waals surface area contributed by atoms with E-state index in [2.05, 4.69) is 4.98 Å². The molecule has 0 spiro atoms. The monoisotopic (exact) mass is 268 g/mol. The van der Waals surface area contributed by atoms with E-state index in [1.165, 1.54) is 11.3 Å². The summed E-state index contributed by atoms with van der Waals surface area (Å²) in [5.41, 5.74) is 6.40. The van der Waals surface area contributed by atoms with Crippen molar-refractivity contribution in [1.82, 2.24) is 14.8 Å². The van der Waals surface area contributed by atoms with Gasteiger partial charge in [-0.2, -0.15) is 0 Å². The average molecular weight is 268 g/mol. The summed E-state index contributed by atoms with van der Waals surface area (Å²) in [5, 5.41) is 2.42. The summed E-state index contributed by atoms with van der Waals surface area (Å²) in [6.07, 6.45) is 1.91. The largest absolute Gasteiger partial charge is 0.375 e. The number of nitrogen functional groups attached to an aromatic ring is 1. The van der Waals surface area contributed by atoms with Gasteiger partial charge < -0.3 is 15.5 Å². The van der Waals surface area contributed by atoms with Gasteiger partial charge in [0.05, 0.1) is 5.69 Å². The van der Waals surface area contributed by atoms with E-state index in [1.807, 2.05) is 5.38 Å². The number of nitrogens with two attached hydrogens (primary N) is 1. The molecular weight excluding hydrogens is 252 g/mol. The van der Waals surface area contributed by atoms with Gasteiger partial charge in [-0.15, -0.1) is 11.3 Å². The van der Waals surface area contributed by atoms with Crippen LogP contribution in [0.3, 0.4) is 0 Å². The van der Waals surface area contributed by atoms with Crippen molar-refractivity contribution in [2.75, 3.05) is 31.9 Å². The van der Waals surface area contributed by atoms with Crippen LogP contribution in [-0.4, -0.2) is 53.3 Å². The molecule has 2 amide bonds. The van der Waals surface area contributed by atoms with E-state index in [0.717, 1.165) is 12.1 Å². The second-order valence-corrected chi connectivity index (χ2v) is 5.09. The fraction of sp³-hybridized carbons (Fsp3) is 0.545. The number of aryl methyl sites for hydroxylation is 1. The lowest BCUT2D eigenvalue weighted by Gasteiger charge is -2.32. The molecule has 6 nitrogen and oxygen atoms in total. The topological polar surface area (TPSA) is 79.5 Å². The Bertz CT molecular complexity index is 426. The third-order valence-corrected chi connectivity index (χ3v) is 3.70. The van der Waals surface area contributed by atoms with E-state index in [4.69, 9.17) is 5.73 Å². The number of aromatic nitrogens is 1. The molecule has 7 heteroatoms. The number of hydrogen-bond acceptors (Lipinski definition) is 5. The van der Waals surface area contributed by atoms with Crippen molar-refractivity contribution in [3.63, 3.8) is 0 Å². The van der Waals surface area contributed by atoms with E-state index in [9.17, 15) is 9.59 Å². The summed E-state index contributed by atoms with van der Waals surface area (Å²) in [4.78, 5) is 30.1. The smallest absolute Gasteiger partial charge is 0.223 e. The predicted molar refractivity (Wildman–Crippen MR) is 69.1 cm³/mol. The van der Waals surface area contributed by atoms with Gasteiger partial charge in [-0.1, -0.05) is 0 Å². The quantitative estimate of drug-likeness (QED) is 0.777. The highest BCUT2D eigenvalue weighted by Gasteiger charge is 2.19. The first kappa shape index (κ1) is 12.8. The van der Waals surface area contributed by atoms with Crippen LogP contribution in [0.25, 0.3) is 0 Å². The SMILES string of the molecule is Nc1nc(CCC(=O)N2CCN(C=O)CC2)cs1. The van der Waals surface area contributed by atoms with Gasteiger partial charge in [-0.3, -0.25) is 9.59 Å². The Balaban J connectivity index is 1.77. The van der Waals surface area contributed by atoms with Crippen molar-refractivity contribution in [3.8, 4) is 0 Å². The number of anilines is 1. The van der Waals surface area contributed by atoms with Crippen LogP contribution in [0.15, 0.2) is 5.38 Å². The van der Waals surface area contributed by atoms with Crippen molar-refractivity contribution < 1.29 is 9.59 Å². The molecule has 1 aromatic heterocycles. The lowest BCUT2D eigenvalue weighted by atomic mass is 10.2. The highest BCUT2D eigenvalue weighted by Crippen LogP contribution is 2.13. The van der Waals surface area contributed by atoms with Crippen LogP contribution in [0.5, 0.6) is 0 Å². The third-order valence-electron chi connectivity index (χ3n) is 2.98. The maximum absolute atomic E-state index is 11.9. The second-order valence-electron chi connectivity index (χ2n) is 4.20. The molecule has 1 saturated heterocycles. The number of hydrogen-bond donors (Lipinski definition) is 1. The van der Waals surface area contributed by atoms with E-state index in [1.54, 1.807) is 9.80 Å². The van der Waals surface area contributed by atoms with Gasteiger partial charge in [0, 0.05) is 38.0 Å². The van der Waals surface area contributed by atoms with E-state index < -0.39 is 0 Å². The van der Waals surface area contributed by atoms with Gasteiger partial charge in [-0.05, 0) is 6.42 Å². The Morgan fingerprint density at radius 1 is 1.44 bits per heavy atom. The lowest BCUT2D eigenvalue weighted by molar-refractivity contribution is -0.135. The predicted octanol–water partition coefficient (Wildman–Crippen LogP) is -0.0415. The fourth-order valence-corrected chi connectivity index (χ4v) is 2.50. The Morgan fingerprint density at radius 3 is 2.72 bits per heavy atom. The van der Waals surface area contributed by atoms with Crippen LogP contribution in [-0.2, 0) is 16.0 Å². The Hall–Kier alpha value is -1.63. The first-order chi connectivity index (χ1) is 8.69. The summed E-state index contributed by atoms with van der Waals surface area (Å²) in [6.45, 7) is 2.49. The molecule has 0 bridgehead atoms. The number of thiazole rings is 1. The highest BCUT2D eigenvalue weighted by atomic mass is 32.1. The fourth-order valence-electron chi connectivity index (χ4n) is 1.91. The van der Waals surface area contributed by atoms with Crippen molar-refractivity contribution >= 4 is 28.8 Å². The molecule has 18 heavy (non-hydrogen) atoms. The van der Waals surface area contributed by atoms with Gasteiger partial charge in [-0.25, -0.2) is 4.98 Å². The molecule has 0 atom stereocenters. The molecule has 2 heterocycles. The zero-order valence-corrected chi connectivity index (χ0v) is 10.9. The molecule has 1 aliphatic rings. The molecule has 2 rings (SSSR count). The van der Waals surface area contributed by atoms with E-state index in [-0.39, 0.29) is 5.91 Å². The van der Waals surface area contributed by atoms with Crippen molar-refractivity contribution in [1.29, 1.82) is 0 Å². The summed E-state index contributed by atoms with van der Waals surface area (Å²) < 4.78 is 0.